The van der Waals surface area contributed by atoms with E-state index in [1.165, 1.54) is 19.2 Å². The predicted octanol–water partition coefficient (Wildman–Crippen LogP) is 2.16. The molecule has 0 aliphatic carbocycles. The molecule has 1 aliphatic rings. The van der Waals surface area contributed by atoms with Crippen molar-refractivity contribution in [3.63, 3.8) is 0 Å². The molecule has 1 saturated heterocycles. The zero-order chi connectivity index (χ0) is 15.7. The van der Waals surface area contributed by atoms with Crippen LogP contribution < -0.4 is 4.74 Å². The van der Waals surface area contributed by atoms with Gasteiger partial charge in [-0.3, -0.25) is 4.79 Å². The van der Waals surface area contributed by atoms with Gasteiger partial charge in [0.05, 0.1) is 13.0 Å². The van der Waals surface area contributed by atoms with Crippen molar-refractivity contribution in [2.75, 3.05) is 20.2 Å². The molecule has 0 bridgehead atoms. The first-order valence-corrected chi connectivity index (χ1v) is 7.02. The van der Waals surface area contributed by atoms with E-state index >= 15 is 0 Å². The van der Waals surface area contributed by atoms with E-state index in [0.717, 1.165) is 0 Å². The fourth-order valence-electron chi connectivity index (χ4n) is 2.67. The average Bonchev–Trinajstić information content (AvgIpc) is 3.15. The van der Waals surface area contributed by atoms with E-state index in [0.29, 0.717) is 31.2 Å². The molecular formula is C15H16FN3O3. The molecule has 6 nitrogen and oxygen atoms in total. The largest absolute Gasteiger partial charge is 0.496 e. The van der Waals surface area contributed by atoms with E-state index < -0.39 is 5.82 Å². The summed E-state index contributed by atoms with van der Waals surface area (Å²) >= 11 is 0. The SMILES string of the molecule is COc1cccc(F)c1C(=O)N1CCC(c2nc(C)no2)C1. The molecule has 7 heteroatoms. The number of rotatable bonds is 3. The van der Waals surface area contributed by atoms with Crippen molar-refractivity contribution < 1.29 is 18.4 Å². The van der Waals surface area contributed by atoms with Crippen LogP contribution in [-0.4, -0.2) is 41.1 Å². The van der Waals surface area contributed by atoms with E-state index in [2.05, 4.69) is 10.1 Å². The van der Waals surface area contributed by atoms with Crippen LogP contribution in [0.2, 0.25) is 0 Å². The minimum absolute atomic E-state index is 0.0112. The van der Waals surface area contributed by atoms with E-state index in [1.807, 2.05) is 0 Å². The van der Waals surface area contributed by atoms with Crippen molar-refractivity contribution in [1.82, 2.24) is 15.0 Å². The number of nitrogens with zero attached hydrogens (tertiary/aromatic N) is 3. The lowest BCUT2D eigenvalue weighted by Gasteiger charge is -2.18. The Morgan fingerprint density at radius 3 is 3.00 bits per heavy atom. The minimum Gasteiger partial charge on any atom is -0.496 e. The summed E-state index contributed by atoms with van der Waals surface area (Å²) in [6.07, 6.45) is 0.712. The molecule has 1 amide bonds. The Kier molecular flexibility index (Phi) is 3.79. The number of carbonyl (C=O) groups excluding carboxylic acids is 1. The maximum atomic E-state index is 14.0. The van der Waals surface area contributed by atoms with Crippen LogP contribution in [0, 0.1) is 12.7 Å². The maximum Gasteiger partial charge on any atom is 0.260 e. The third kappa shape index (κ3) is 2.54. The number of carbonyl (C=O) groups is 1. The van der Waals surface area contributed by atoms with Gasteiger partial charge in [-0.1, -0.05) is 11.2 Å². The molecule has 116 valence electrons. The van der Waals surface area contributed by atoms with Crippen molar-refractivity contribution in [2.24, 2.45) is 0 Å². The standard InChI is InChI=1S/C15H16FN3O3/c1-9-17-14(22-18-9)10-6-7-19(8-10)15(20)13-11(16)4-3-5-12(13)21-2/h3-5,10H,6-8H2,1-2H3. The molecule has 1 aliphatic heterocycles. The van der Waals surface area contributed by atoms with Crippen LogP contribution >= 0.6 is 0 Å². The molecule has 2 heterocycles. The average molecular weight is 305 g/mol. The number of hydrogen-bond donors (Lipinski definition) is 0. The second-order valence-electron chi connectivity index (χ2n) is 5.23. The van der Waals surface area contributed by atoms with Crippen LogP contribution in [0.4, 0.5) is 4.39 Å². The van der Waals surface area contributed by atoms with E-state index in [9.17, 15) is 9.18 Å². The summed E-state index contributed by atoms with van der Waals surface area (Å²) < 4.78 is 24.2. The van der Waals surface area contributed by atoms with Crippen molar-refractivity contribution >= 4 is 5.91 Å². The highest BCUT2D eigenvalue weighted by molar-refractivity contribution is 5.97. The maximum absolute atomic E-state index is 14.0. The van der Waals surface area contributed by atoms with Crippen LogP contribution in [-0.2, 0) is 0 Å². The Morgan fingerprint density at radius 2 is 2.32 bits per heavy atom. The molecule has 1 aromatic carbocycles. The number of aryl methyl sites for hydroxylation is 1. The lowest BCUT2D eigenvalue weighted by atomic mass is 10.1. The number of methoxy groups -OCH3 is 1. The molecule has 1 aromatic heterocycles. The number of ether oxygens (including phenoxy) is 1. The van der Waals surface area contributed by atoms with Gasteiger partial charge in [-0.2, -0.15) is 4.98 Å². The van der Waals surface area contributed by atoms with Gasteiger partial charge in [0.2, 0.25) is 5.89 Å². The summed E-state index contributed by atoms with van der Waals surface area (Å²) in [5.74, 6) is 0.351. The van der Waals surface area contributed by atoms with Crippen molar-refractivity contribution in [1.29, 1.82) is 0 Å². The monoisotopic (exact) mass is 305 g/mol. The Bertz CT molecular complexity index is 701. The predicted molar refractivity (Wildman–Crippen MR) is 75.2 cm³/mol. The summed E-state index contributed by atoms with van der Waals surface area (Å²) in [5, 5.41) is 3.76. The first-order chi connectivity index (χ1) is 10.6. The van der Waals surface area contributed by atoms with Crippen LogP contribution in [0.15, 0.2) is 22.7 Å². The summed E-state index contributed by atoms with van der Waals surface area (Å²) in [5.41, 5.74) is -0.0349. The molecule has 0 N–H and O–H groups in total. The summed E-state index contributed by atoms with van der Waals surface area (Å²) in [7, 11) is 1.42. The molecule has 2 aromatic rings. The Morgan fingerprint density at radius 1 is 1.50 bits per heavy atom. The van der Waals surface area contributed by atoms with Crippen LogP contribution in [0.25, 0.3) is 0 Å². The first kappa shape index (κ1) is 14.5. The fraction of sp³-hybridized carbons (Fsp3) is 0.400. The van der Waals surface area contributed by atoms with Gasteiger partial charge in [0, 0.05) is 13.1 Å². The third-order valence-electron chi connectivity index (χ3n) is 3.78. The first-order valence-electron chi connectivity index (χ1n) is 7.02. The zero-order valence-corrected chi connectivity index (χ0v) is 12.4. The topological polar surface area (TPSA) is 68.5 Å². The Labute approximate surface area is 126 Å². The van der Waals surface area contributed by atoms with Crippen LogP contribution in [0.3, 0.4) is 0 Å². The van der Waals surface area contributed by atoms with Gasteiger partial charge >= 0.3 is 0 Å². The van der Waals surface area contributed by atoms with E-state index in [4.69, 9.17) is 9.26 Å². The van der Waals surface area contributed by atoms with Crippen molar-refractivity contribution in [3.8, 4) is 5.75 Å². The van der Waals surface area contributed by atoms with E-state index in [1.54, 1.807) is 17.9 Å². The van der Waals surface area contributed by atoms with Crippen molar-refractivity contribution in [3.05, 3.63) is 41.3 Å². The van der Waals surface area contributed by atoms with Crippen LogP contribution in [0.5, 0.6) is 5.75 Å². The zero-order valence-electron chi connectivity index (χ0n) is 12.4. The molecule has 1 unspecified atom stereocenters. The van der Waals surface area contributed by atoms with Gasteiger partial charge in [0.15, 0.2) is 5.82 Å². The van der Waals surface area contributed by atoms with Crippen molar-refractivity contribution in [2.45, 2.75) is 19.3 Å². The highest BCUT2D eigenvalue weighted by Gasteiger charge is 2.33. The summed E-state index contributed by atoms with van der Waals surface area (Å²) in [6, 6.07) is 4.34. The molecule has 22 heavy (non-hydrogen) atoms. The third-order valence-corrected chi connectivity index (χ3v) is 3.78. The van der Waals surface area contributed by atoms with Gasteiger partial charge in [-0.05, 0) is 25.5 Å². The lowest BCUT2D eigenvalue weighted by Crippen LogP contribution is -2.29. The molecule has 1 fully saturated rings. The molecular weight excluding hydrogens is 289 g/mol. The summed E-state index contributed by atoms with van der Waals surface area (Å²) in [6.45, 7) is 2.69. The molecule has 0 spiro atoms. The van der Waals surface area contributed by atoms with Gasteiger partial charge in [0.25, 0.3) is 5.91 Å². The molecule has 0 radical (unpaired) electrons. The number of benzene rings is 1. The van der Waals surface area contributed by atoms with Gasteiger partial charge < -0.3 is 14.2 Å². The Hall–Kier alpha value is -2.44. The number of likely N-dealkylation sites (tertiary alicyclic amines) is 1. The smallest absolute Gasteiger partial charge is 0.260 e. The number of hydrogen-bond acceptors (Lipinski definition) is 5. The number of amides is 1. The molecule has 0 saturated carbocycles. The normalized spacial score (nSPS) is 17.8. The van der Waals surface area contributed by atoms with Gasteiger partial charge in [-0.15, -0.1) is 0 Å². The van der Waals surface area contributed by atoms with E-state index in [-0.39, 0.29) is 23.1 Å². The summed E-state index contributed by atoms with van der Waals surface area (Å²) in [4.78, 5) is 18.4. The van der Waals surface area contributed by atoms with Crippen LogP contribution in [0.1, 0.15) is 34.4 Å². The molecule has 1 atom stereocenters. The highest BCUT2D eigenvalue weighted by atomic mass is 19.1. The quantitative estimate of drug-likeness (QED) is 0.869. The van der Waals surface area contributed by atoms with Gasteiger partial charge in [0.1, 0.15) is 17.1 Å². The lowest BCUT2D eigenvalue weighted by molar-refractivity contribution is 0.0781. The highest BCUT2D eigenvalue weighted by Crippen LogP contribution is 2.29. The minimum atomic E-state index is -0.582. The fourth-order valence-corrected chi connectivity index (χ4v) is 2.67. The Balaban J connectivity index is 1.80. The number of aromatic nitrogens is 2. The second kappa shape index (κ2) is 5.75. The molecule has 3 rings (SSSR count). The van der Waals surface area contributed by atoms with Gasteiger partial charge in [-0.25, -0.2) is 4.39 Å². The number of halogens is 1. The second-order valence-corrected chi connectivity index (χ2v) is 5.23.